The third kappa shape index (κ3) is 7.72. The quantitative estimate of drug-likeness (QED) is 0.381. The van der Waals surface area contributed by atoms with Gasteiger partial charge in [0.2, 0.25) is 0 Å². The van der Waals surface area contributed by atoms with Crippen molar-refractivity contribution in [2.24, 2.45) is 0 Å². The zero-order valence-electron chi connectivity index (χ0n) is 7.01. The highest BCUT2D eigenvalue weighted by Gasteiger charge is 1.98. The molecule has 0 aromatic rings. The van der Waals surface area contributed by atoms with E-state index in [0.717, 1.165) is 19.3 Å². The van der Waals surface area contributed by atoms with Crippen LogP contribution >= 0.6 is 12.6 Å². The summed E-state index contributed by atoms with van der Waals surface area (Å²) in [5.74, 6) is 0.447. The Bertz CT molecular complexity index is 104. The van der Waals surface area contributed by atoms with Crippen LogP contribution in [0.2, 0.25) is 0 Å². The molecular formula is C8H16O2S. The second kappa shape index (κ2) is 7.92. The third-order valence-electron chi connectivity index (χ3n) is 1.33. The van der Waals surface area contributed by atoms with Gasteiger partial charge in [0.1, 0.15) is 0 Å². The van der Waals surface area contributed by atoms with E-state index in [4.69, 9.17) is 4.74 Å². The summed E-state index contributed by atoms with van der Waals surface area (Å²) in [5, 5.41) is 0. The van der Waals surface area contributed by atoms with Gasteiger partial charge in [-0.3, -0.25) is 4.79 Å². The van der Waals surface area contributed by atoms with Gasteiger partial charge < -0.3 is 4.74 Å². The minimum atomic E-state index is -0.129. The van der Waals surface area contributed by atoms with E-state index in [2.05, 4.69) is 19.6 Å². The van der Waals surface area contributed by atoms with Crippen molar-refractivity contribution in [3.8, 4) is 0 Å². The molecule has 0 unspecified atom stereocenters. The first-order valence-corrected chi connectivity index (χ1v) is 4.71. The van der Waals surface area contributed by atoms with Gasteiger partial charge in [-0.1, -0.05) is 19.8 Å². The lowest BCUT2D eigenvalue weighted by Crippen LogP contribution is -2.05. The molecule has 0 heterocycles. The van der Waals surface area contributed by atoms with Crippen molar-refractivity contribution in [1.29, 1.82) is 0 Å². The van der Waals surface area contributed by atoms with Crippen molar-refractivity contribution in [2.45, 2.75) is 32.6 Å². The van der Waals surface area contributed by atoms with Crippen molar-refractivity contribution >= 4 is 18.6 Å². The standard InChI is InChI=1S/C8H16O2S/c1-2-3-4-6-10-8(9)5-7-11/h11H,2-7H2,1H3. The van der Waals surface area contributed by atoms with E-state index >= 15 is 0 Å². The Morgan fingerprint density at radius 1 is 1.45 bits per heavy atom. The Hall–Kier alpha value is -0.180. The van der Waals surface area contributed by atoms with Gasteiger partial charge in [0.15, 0.2) is 0 Å². The van der Waals surface area contributed by atoms with Crippen molar-refractivity contribution in [1.82, 2.24) is 0 Å². The first-order chi connectivity index (χ1) is 5.31. The van der Waals surface area contributed by atoms with Crippen LogP contribution in [0.3, 0.4) is 0 Å². The normalized spacial score (nSPS) is 9.64. The molecule has 2 nitrogen and oxygen atoms in total. The molecular weight excluding hydrogens is 160 g/mol. The van der Waals surface area contributed by atoms with Gasteiger partial charge in [-0.2, -0.15) is 12.6 Å². The maximum atomic E-state index is 10.7. The van der Waals surface area contributed by atoms with Crippen molar-refractivity contribution in [3.63, 3.8) is 0 Å². The highest BCUT2D eigenvalue weighted by Crippen LogP contribution is 1.96. The van der Waals surface area contributed by atoms with E-state index in [1.807, 2.05) is 0 Å². The minimum Gasteiger partial charge on any atom is -0.466 e. The molecule has 0 aliphatic rings. The fourth-order valence-electron chi connectivity index (χ4n) is 0.702. The fourth-order valence-corrected chi connectivity index (χ4v) is 0.884. The molecule has 0 N–H and O–H groups in total. The van der Waals surface area contributed by atoms with Crippen molar-refractivity contribution in [2.75, 3.05) is 12.4 Å². The molecule has 0 spiro atoms. The summed E-state index contributed by atoms with van der Waals surface area (Å²) >= 11 is 3.92. The van der Waals surface area contributed by atoms with Gasteiger partial charge in [-0.15, -0.1) is 0 Å². The zero-order chi connectivity index (χ0) is 8.53. The number of esters is 1. The molecule has 0 aliphatic carbocycles. The lowest BCUT2D eigenvalue weighted by Gasteiger charge is -2.01. The van der Waals surface area contributed by atoms with E-state index in [1.54, 1.807) is 0 Å². The summed E-state index contributed by atoms with van der Waals surface area (Å²) < 4.78 is 4.90. The largest absolute Gasteiger partial charge is 0.466 e. The van der Waals surface area contributed by atoms with Gasteiger partial charge in [0.05, 0.1) is 13.0 Å². The number of carbonyl (C=O) groups is 1. The number of hydrogen-bond acceptors (Lipinski definition) is 3. The second-order valence-electron chi connectivity index (χ2n) is 2.40. The monoisotopic (exact) mass is 176 g/mol. The van der Waals surface area contributed by atoms with E-state index in [1.165, 1.54) is 0 Å². The van der Waals surface area contributed by atoms with Gasteiger partial charge in [0, 0.05) is 5.75 Å². The average Bonchev–Trinajstić information content (AvgIpc) is 1.99. The predicted octanol–water partition coefficient (Wildman–Crippen LogP) is 2.04. The Morgan fingerprint density at radius 3 is 2.73 bits per heavy atom. The third-order valence-corrected chi connectivity index (χ3v) is 1.55. The van der Waals surface area contributed by atoms with Gasteiger partial charge in [0.25, 0.3) is 0 Å². The lowest BCUT2D eigenvalue weighted by molar-refractivity contribution is -0.143. The number of rotatable bonds is 6. The highest BCUT2D eigenvalue weighted by molar-refractivity contribution is 7.80. The summed E-state index contributed by atoms with van der Waals surface area (Å²) in [5.41, 5.74) is 0. The van der Waals surface area contributed by atoms with Gasteiger partial charge >= 0.3 is 5.97 Å². The molecule has 0 amide bonds. The van der Waals surface area contributed by atoms with E-state index in [0.29, 0.717) is 18.8 Å². The summed E-state index contributed by atoms with van der Waals surface area (Å²) in [6, 6.07) is 0. The number of hydrogen-bond donors (Lipinski definition) is 1. The molecule has 66 valence electrons. The summed E-state index contributed by atoms with van der Waals surface area (Å²) in [6.45, 7) is 2.69. The summed E-state index contributed by atoms with van der Waals surface area (Å²) in [6.07, 6.45) is 3.70. The number of carbonyl (C=O) groups excluding carboxylic acids is 1. The zero-order valence-corrected chi connectivity index (χ0v) is 7.90. The number of ether oxygens (including phenoxy) is 1. The molecule has 11 heavy (non-hydrogen) atoms. The van der Waals surface area contributed by atoms with E-state index in [-0.39, 0.29) is 5.97 Å². The molecule has 0 saturated heterocycles. The Morgan fingerprint density at radius 2 is 2.18 bits per heavy atom. The molecule has 0 saturated carbocycles. The van der Waals surface area contributed by atoms with Crippen LogP contribution < -0.4 is 0 Å². The minimum absolute atomic E-state index is 0.129. The Kier molecular flexibility index (Phi) is 7.79. The van der Waals surface area contributed by atoms with Crippen LogP contribution in [0.1, 0.15) is 32.6 Å². The van der Waals surface area contributed by atoms with Gasteiger partial charge in [-0.25, -0.2) is 0 Å². The Labute approximate surface area is 73.7 Å². The fraction of sp³-hybridized carbons (Fsp3) is 0.875. The molecule has 0 radical (unpaired) electrons. The first kappa shape index (κ1) is 10.8. The van der Waals surface area contributed by atoms with Crippen molar-refractivity contribution < 1.29 is 9.53 Å². The van der Waals surface area contributed by atoms with Crippen LogP contribution in [0, 0.1) is 0 Å². The van der Waals surface area contributed by atoms with E-state index in [9.17, 15) is 4.79 Å². The predicted molar refractivity (Wildman–Crippen MR) is 49.0 cm³/mol. The highest BCUT2D eigenvalue weighted by atomic mass is 32.1. The molecule has 0 atom stereocenters. The summed E-state index contributed by atoms with van der Waals surface area (Å²) in [4.78, 5) is 10.7. The molecule has 0 rings (SSSR count). The maximum absolute atomic E-state index is 10.7. The smallest absolute Gasteiger partial charge is 0.306 e. The van der Waals surface area contributed by atoms with Gasteiger partial charge in [-0.05, 0) is 6.42 Å². The van der Waals surface area contributed by atoms with Crippen LogP contribution in [-0.4, -0.2) is 18.3 Å². The number of unbranched alkanes of at least 4 members (excludes halogenated alkanes) is 2. The molecule has 0 bridgehead atoms. The topological polar surface area (TPSA) is 26.3 Å². The molecule has 0 fully saturated rings. The summed E-state index contributed by atoms with van der Waals surface area (Å²) in [7, 11) is 0. The Balaban J connectivity index is 3.04. The number of thiol groups is 1. The maximum Gasteiger partial charge on any atom is 0.306 e. The SMILES string of the molecule is CCCCCOC(=O)CCS. The van der Waals surface area contributed by atoms with Crippen LogP contribution in [0.4, 0.5) is 0 Å². The average molecular weight is 176 g/mol. The molecule has 0 aliphatic heterocycles. The molecule has 0 aromatic carbocycles. The van der Waals surface area contributed by atoms with Crippen LogP contribution in [0.25, 0.3) is 0 Å². The van der Waals surface area contributed by atoms with Crippen LogP contribution in [0.5, 0.6) is 0 Å². The van der Waals surface area contributed by atoms with Crippen molar-refractivity contribution in [3.05, 3.63) is 0 Å². The van der Waals surface area contributed by atoms with Crippen LogP contribution in [-0.2, 0) is 9.53 Å². The van der Waals surface area contributed by atoms with Crippen LogP contribution in [0.15, 0.2) is 0 Å². The molecule has 0 aromatic heterocycles. The first-order valence-electron chi connectivity index (χ1n) is 4.07. The van der Waals surface area contributed by atoms with E-state index < -0.39 is 0 Å². The lowest BCUT2D eigenvalue weighted by atomic mass is 10.3. The second-order valence-corrected chi connectivity index (χ2v) is 2.85. The molecule has 3 heteroatoms.